The van der Waals surface area contributed by atoms with Crippen molar-refractivity contribution < 1.29 is 9.90 Å². The van der Waals surface area contributed by atoms with Crippen LogP contribution in [0.2, 0.25) is 0 Å². The lowest BCUT2D eigenvalue weighted by molar-refractivity contribution is -0.209. The molecule has 1 aliphatic heterocycles. The maximum Gasteiger partial charge on any atom is 0.228 e. The van der Waals surface area contributed by atoms with Gasteiger partial charge in [-0.1, -0.05) is 26.2 Å². The van der Waals surface area contributed by atoms with E-state index in [0.717, 1.165) is 64.5 Å². The van der Waals surface area contributed by atoms with Gasteiger partial charge in [0.05, 0.1) is 11.0 Å². The fourth-order valence-corrected chi connectivity index (χ4v) is 6.83. The molecule has 0 spiro atoms. The van der Waals surface area contributed by atoms with Crippen molar-refractivity contribution in [2.24, 2.45) is 16.7 Å². The minimum Gasteiger partial charge on any atom is -0.390 e. The molecule has 5 fully saturated rings. The molecule has 124 valence electrons. The Labute approximate surface area is 134 Å². The van der Waals surface area contributed by atoms with Gasteiger partial charge in [0, 0.05) is 13.1 Å². The number of hydrogen-bond acceptors (Lipinski definition) is 2. The van der Waals surface area contributed by atoms with Gasteiger partial charge in [0.1, 0.15) is 0 Å². The van der Waals surface area contributed by atoms with Crippen LogP contribution < -0.4 is 0 Å². The van der Waals surface area contributed by atoms with E-state index in [4.69, 9.17) is 0 Å². The fraction of sp³-hybridized carbons (Fsp3) is 0.947. The van der Waals surface area contributed by atoms with Crippen LogP contribution in [0.25, 0.3) is 0 Å². The normalized spacial score (nSPS) is 47.5. The van der Waals surface area contributed by atoms with Gasteiger partial charge in [-0.25, -0.2) is 0 Å². The van der Waals surface area contributed by atoms with Crippen LogP contribution in [0.3, 0.4) is 0 Å². The van der Waals surface area contributed by atoms with Crippen molar-refractivity contribution in [1.29, 1.82) is 0 Å². The topological polar surface area (TPSA) is 40.5 Å². The summed E-state index contributed by atoms with van der Waals surface area (Å²) in [5.41, 5.74) is -0.527. The van der Waals surface area contributed by atoms with E-state index >= 15 is 0 Å². The quantitative estimate of drug-likeness (QED) is 0.848. The second-order valence-corrected chi connectivity index (χ2v) is 9.07. The molecular formula is C19H31NO2. The Kier molecular flexibility index (Phi) is 3.38. The number of carbonyl (C=O) groups is 1. The first-order valence-corrected chi connectivity index (χ1v) is 9.50. The second kappa shape index (κ2) is 4.96. The molecule has 0 aromatic rings. The maximum absolute atomic E-state index is 13.4. The van der Waals surface area contributed by atoms with E-state index in [-0.39, 0.29) is 10.8 Å². The van der Waals surface area contributed by atoms with Crippen LogP contribution in [0.15, 0.2) is 0 Å². The SMILES string of the molecule is CCC12CC3CC(O)(C1)CC(C(=O)N1CCCCCC1)(C3)C2. The fourth-order valence-electron chi connectivity index (χ4n) is 6.83. The lowest BCUT2D eigenvalue weighted by Gasteiger charge is -2.64. The molecule has 0 radical (unpaired) electrons. The van der Waals surface area contributed by atoms with Crippen LogP contribution >= 0.6 is 0 Å². The standard InChI is InChI=1S/C19H31NO2/c1-2-17-9-15-10-18(12-17,14-19(22,11-15)13-17)16(21)20-7-5-3-4-6-8-20/h15,22H,2-14H2,1H3. The maximum atomic E-state index is 13.4. The van der Waals surface area contributed by atoms with Gasteiger partial charge in [-0.15, -0.1) is 0 Å². The number of amides is 1. The first kappa shape index (κ1) is 15.0. The van der Waals surface area contributed by atoms with Gasteiger partial charge >= 0.3 is 0 Å². The van der Waals surface area contributed by atoms with Gasteiger partial charge in [-0.2, -0.15) is 0 Å². The van der Waals surface area contributed by atoms with E-state index in [1.807, 2.05) is 0 Å². The number of nitrogens with zero attached hydrogens (tertiary/aromatic N) is 1. The molecular weight excluding hydrogens is 274 g/mol. The summed E-state index contributed by atoms with van der Waals surface area (Å²) < 4.78 is 0. The number of carbonyl (C=O) groups excluding carboxylic acids is 1. The first-order valence-electron chi connectivity index (χ1n) is 9.50. The zero-order valence-corrected chi connectivity index (χ0v) is 14.1. The van der Waals surface area contributed by atoms with Gasteiger partial charge in [0.15, 0.2) is 0 Å². The highest BCUT2D eigenvalue weighted by Crippen LogP contribution is 2.68. The molecule has 4 atom stereocenters. The molecule has 0 aromatic carbocycles. The van der Waals surface area contributed by atoms with Gasteiger partial charge in [0.25, 0.3) is 0 Å². The van der Waals surface area contributed by atoms with Crippen LogP contribution in [-0.2, 0) is 4.79 Å². The van der Waals surface area contributed by atoms with Crippen molar-refractivity contribution in [2.45, 2.75) is 83.2 Å². The first-order chi connectivity index (χ1) is 10.5. The molecule has 22 heavy (non-hydrogen) atoms. The van der Waals surface area contributed by atoms with E-state index in [1.165, 1.54) is 19.3 Å². The summed E-state index contributed by atoms with van der Waals surface area (Å²) in [7, 11) is 0. The number of hydrogen-bond donors (Lipinski definition) is 1. The number of aliphatic hydroxyl groups is 1. The van der Waals surface area contributed by atoms with E-state index < -0.39 is 5.60 Å². The van der Waals surface area contributed by atoms with Crippen molar-refractivity contribution in [1.82, 2.24) is 4.90 Å². The van der Waals surface area contributed by atoms with Crippen LogP contribution in [0.5, 0.6) is 0 Å². The Morgan fingerprint density at radius 1 is 1.05 bits per heavy atom. The Morgan fingerprint density at radius 3 is 2.41 bits per heavy atom. The predicted octanol–water partition coefficient (Wildman–Crippen LogP) is 3.50. The summed E-state index contributed by atoms with van der Waals surface area (Å²) in [4.78, 5) is 15.6. The third kappa shape index (κ3) is 2.23. The molecule has 5 rings (SSSR count). The third-order valence-corrected chi connectivity index (χ3v) is 7.25. The van der Waals surface area contributed by atoms with E-state index in [0.29, 0.717) is 11.8 Å². The Morgan fingerprint density at radius 2 is 1.77 bits per heavy atom. The second-order valence-electron chi connectivity index (χ2n) is 9.07. The summed E-state index contributed by atoms with van der Waals surface area (Å²) >= 11 is 0. The molecule has 1 saturated heterocycles. The van der Waals surface area contributed by atoms with Crippen molar-refractivity contribution >= 4 is 5.91 Å². The monoisotopic (exact) mass is 305 g/mol. The minimum absolute atomic E-state index is 0.228. The van der Waals surface area contributed by atoms with Gasteiger partial charge in [0.2, 0.25) is 5.91 Å². The van der Waals surface area contributed by atoms with Gasteiger partial charge in [-0.3, -0.25) is 4.79 Å². The molecule has 5 aliphatic rings. The summed E-state index contributed by atoms with van der Waals surface area (Å²) in [6.45, 7) is 4.16. The molecule has 3 nitrogen and oxygen atoms in total. The Hall–Kier alpha value is -0.570. The highest BCUT2D eigenvalue weighted by Gasteiger charge is 2.65. The summed E-state index contributed by atoms with van der Waals surface area (Å²) in [6.07, 6.45) is 12.0. The lowest BCUT2D eigenvalue weighted by atomic mass is 9.42. The van der Waals surface area contributed by atoms with E-state index in [1.54, 1.807) is 0 Å². The summed E-state index contributed by atoms with van der Waals surface area (Å²) in [6, 6.07) is 0. The lowest BCUT2D eigenvalue weighted by Crippen LogP contribution is -2.64. The molecule has 4 bridgehead atoms. The Balaban J connectivity index is 1.63. The van der Waals surface area contributed by atoms with E-state index in [9.17, 15) is 9.90 Å². The average Bonchev–Trinajstić information content (AvgIpc) is 2.73. The molecule has 1 heterocycles. The molecule has 0 aromatic heterocycles. The van der Waals surface area contributed by atoms with Crippen LogP contribution in [0, 0.1) is 16.7 Å². The van der Waals surface area contributed by atoms with E-state index in [2.05, 4.69) is 11.8 Å². The van der Waals surface area contributed by atoms with Crippen molar-refractivity contribution in [3.05, 3.63) is 0 Å². The summed E-state index contributed by atoms with van der Waals surface area (Å²) in [5, 5.41) is 11.1. The molecule has 4 unspecified atom stereocenters. The Bertz CT molecular complexity index is 470. The van der Waals surface area contributed by atoms with Crippen LogP contribution in [0.1, 0.15) is 77.6 Å². The zero-order chi connectivity index (χ0) is 15.4. The van der Waals surface area contributed by atoms with Crippen molar-refractivity contribution in [3.63, 3.8) is 0 Å². The summed E-state index contributed by atoms with van der Waals surface area (Å²) in [5.74, 6) is 0.979. The number of likely N-dealkylation sites (tertiary alicyclic amines) is 1. The highest BCUT2D eigenvalue weighted by molar-refractivity contribution is 5.83. The highest BCUT2D eigenvalue weighted by atomic mass is 16.3. The van der Waals surface area contributed by atoms with Crippen molar-refractivity contribution in [2.75, 3.05) is 13.1 Å². The minimum atomic E-state index is -0.545. The van der Waals surface area contributed by atoms with Crippen LogP contribution in [0.4, 0.5) is 0 Å². The third-order valence-electron chi connectivity index (χ3n) is 7.25. The van der Waals surface area contributed by atoms with Crippen LogP contribution in [-0.4, -0.2) is 34.6 Å². The zero-order valence-electron chi connectivity index (χ0n) is 14.1. The molecule has 4 saturated carbocycles. The van der Waals surface area contributed by atoms with Gasteiger partial charge in [-0.05, 0) is 62.7 Å². The van der Waals surface area contributed by atoms with Crippen molar-refractivity contribution in [3.8, 4) is 0 Å². The van der Waals surface area contributed by atoms with Gasteiger partial charge < -0.3 is 10.0 Å². The molecule has 3 heteroatoms. The molecule has 1 amide bonds. The molecule has 4 aliphatic carbocycles. The molecule has 1 N–H and O–H groups in total. The average molecular weight is 305 g/mol. The smallest absolute Gasteiger partial charge is 0.228 e. The number of rotatable bonds is 2. The predicted molar refractivity (Wildman–Crippen MR) is 86.3 cm³/mol. The largest absolute Gasteiger partial charge is 0.390 e.